The highest BCUT2D eigenvalue weighted by Gasteiger charge is 2.23. The number of nitrogens with zero attached hydrogens (tertiary/aromatic N) is 3. The van der Waals surface area contributed by atoms with Crippen molar-refractivity contribution < 1.29 is 0 Å². The number of aryl methyl sites for hydroxylation is 1. The molecule has 0 radical (unpaired) electrons. The molecular weight excluding hydrogens is 248 g/mol. The van der Waals surface area contributed by atoms with Gasteiger partial charge < -0.3 is 5.32 Å². The Hall–Kier alpha value is -2.36. The molecule has 1 aromatic carbocycles. The smallest absolute Gasteiger partial charge is 0.161 e. The van der Waals surface area contributed by atoms with Crippen LogP contribution in [-0.2, 0) is 6.42 Å². The van der Waals surface area contributed by atoms with Crippen molar-refractivity contribution in [3.63, 3.8) is 0 Å². The van der Waals surface area contributed by atoms with Gasteiger partial charge in [0.1, 0.15) is 5.82 Å². The summed E-state index contributed by atoms with van der Waals surface area (Å²) < 4.78 is 2.10. The first-order valence-electron chi connectivity index (χ1n) is 6.94. The van der Waals surface area contributed by atoms with Gasteiger partial charge in [-0.2, -0.15) is 0 Å². The summed E-state index contributed by atoms with van der Waals surface area (Å²) in [6, 6.07) is 12.7. The highest BCUT2D eigenvalue weighted by molar-refractivity contribution is 5.54. The molecule has 0 bridgehead atoms. The number of para-hydroxylation sites is 1. The Labute approximate surface area is 117 Å². The zero-order valence-corrected chi connectivity index (χ0v) is 11.4. The van der Waals surface area contributed by atoms with E-state index in [1.807, 2.05) is 0 Å². The van der Waals surface area contributed by atoms with Gasteiger partial charge in [0.15, 0.2) is 5.65 Å². The van der Waals surface area contributed by atoms with Crippen molar-refractivity contribution in [3.8, 4) is 0 Å². The predicted octanol–water partition coefficient (Wildman–Crippen LogP) is 2.79. The predicted molar refractivity (Wildman–Crippen MR) is 79.1 cm³/mol. The quantitative estimate of drug-likeness (QED) is 0.735. The van der Waals surface area contributed by atoms with Gasteiger partial charge in [-0.05, 0) is 42.7 Å². The highest BCUT2D eigenvalue weighted by Crippen LogP contribution is 2.29. The van der Waals surface area contributed by atoms with Gasteiger partial charge >= 0.3 is 0 Å². The van der Waals surface area contributed by atoms with E-state index in [1.165, 1.54) is 16.8 Å². The van der Waals surface area contributed by atoms with Crippen molar-refractivity contribution in [3.05, 3.63) is 59.5 Å². The van der Waals surface area contributed by atoms with E-state index in [9.17, 15) is 0 Å². The van der Waals surface area contributed by atoms with Crippen LogP contribution in [0.1, 0.15) is 22.9 Å². The molecule has 1 aliphatic rings. The molecule has 1 atom stereocenters. The van der Waals surface area contributed by atoms with Crippen molar-refractivity contribution in [2.24, 2.45) is 0 Å². The third kappa shape index (κ3) is 1.76. The zero-order valence-electron chi connectivity index (χ0n) is 11.4. The molecule has 0 saturated carbocycles. The molecule has 0 aliphatic carbocycles. The second kappa shape index (κ2) is 4.34. The number of hydrogen-bond acceptors (Lipinski definition) is 3. The van der Waals surface area contributed by atoms with Crippen LogP contribution in [0.25, 0.3) is 5.65 Å². The molecule has 0 fully saturated rings. The molecule has 4 nitrogen and oxygen atoms in total. The Morgan fingerprint density at radius 2 is 2.10 bits per heavy atom. The largest absolute Gasteiger partial charge is 0.384 e. The van der Waals surface area contributed by atoms with E-state index in [0.29, 0.717) is 5.92 Å². The maximum Gasteiger partial charge on any atom is 0.161 e. The lowest BCUT2D eigenvalue weighted by Crippen LogP contribution is -2.23. The maximum absolute atomic E-state index is 4.41. The van der Waals surface area contributed by atoms with E-state index in [4.69, 9.17) is 0 Å². The van der Waals surface area contributed by atoms with E-state index in [-0.39, 0.29) is 0 Å². The molecule has 1 N–H and O–H groups in total. The number of rotatable bonds is 1. The molecular formula is C16H16N4. The van der Waals surface area contributed by atoms with Gasteiger partial charge in [0, 0.05) is 24.3 Å². The van der Waals surface area contributed by atoms with Crippen LogP contribution in [0.3, 0.4) is 0 Å². The first-order chi connectivity index (χ1) is 9.81. The van der Waals surface area contributed by atoms with E-state index >= 15 is 0 Å². The normalized spacial score (nSPS) is 17.8. The van der Waals surface area contributed by atoms with Gasteiger partial charge in [-0.25, -0.2) is 0 Å². The van der Waals surface area contributed by atoms with Crippen molar-refractivity contribution in [1.82, 2.24) is 14.6 Å². The average Bonchev–Trinajstić information content (AvgIpc) is 2.89. The third-order valence-electron chi connectivity index (χ3n) is 3.98. The first kappa shape index (κ1) is 11.5. The fraction of sp³-hybridized carbons (Fsp3) is 0.250. The molecule has 4 heteroatoms. The summed E-state index contributed by atoms with van der Waals surface area (Å²) in [7, 11) is 0. The fourth-order valence-electron chi connectivity index (χ4n) is 2.91. The first-order valence-corrected chi connectivity index (χ1v) is 6.94. The van der Waals surface area contributed by atoms with Crippen molar-refractivity contribution >= 4 is 11.3 Å². The number of hydrogen-bond donors (Lipinski definition) is 1. The number of nitrogens with one attached hydrogen (secondary N) is 1. The summed E-state index contributed by atoms with van der Waals surface area (Å²) in [6.07, 6.45) is 3.08. The van der Waals surface area contributed by atoms with Crippen LogP contribution in [0.4, 0.5) is 5.69 Å². The summed E-state index contributed by atoms with van der Waals surface area (Å²) in [6.45, 7) is 2.98. The molecule has 100 valence electrons. The van der Waals surface area contributed by atoms with Crippen LogP contribution >= 0.6 is 0 Å². The Morgan fingerprint density at radius 3 is 3.05 bits per heavy atom. The molecule has 20 heavy (non-hydrogen) atoms. The van der Waals surface area contributed by atoms with Crippen LogP contribution in [0, 0.1) is 6.92 Å². The maximum atomic E-state index is 4.41. The lowest BCUT2D eigenvalue weighted by atomic mass is 9.93. The van der Waals surface area contributed by atoms with Crippen molar-refractivity contribution in [1.29, 1.82) is 0 Å². The standard InChI is InChI=1S/C16H16N4/c1-11-6-7-20-15(8-11)18-19-16(20)13-9-12-4-2-3-5-14(12)17-10-13/h2-8,13,17H,9-10H2,1H3. The summed E-state index contributed by atoms with van der Waals surface area (Å²) in [5, 5.41) is 12.2. The lowest BCUT2D eigenvalue weighted by molar-refractivity contribution is 0.640. The van der Waals surface area contributed by atoms with Crippen LogP contribution in [-0.4, -0.2) is 21.1 Å². The van der Waals surface area contributed by atoms with Gasteiger partial charge in [-0.1, -0.05) is 18.2 Å². The van der Waals surface area contributed by atoms with E-state index in [1.54, 1.807) is 0 Å². The van der Waals surface area contributed by atoms with E-state index in [0.717, 1.165) is 24.4 Å². The van der Waals surface area contributed by atoms with E-state index < -0.39 is 0 Å². The Balaban J connectivity index is 1.74. The van der Waals surface area contributed by atoms with Crippen LogP contribution in [0.5, 0.6) is 0 Å². The Morgan fingerprint density at radius 1 is 1.20 bits per heavy atom. The molecule has 1 aliphatic heterocycles. The summed E-state index contributed by atoms with van der Waals surface area (Å²) in [4.78, 5) is 0. The number of aromatic nitrogens is 3. The number of pyridine rings is 1. The third-order valence-corrected chi connectivity index (χ3v) is 3.98. The highest BCUT2D eigenvalue weighted by atomic mass is 15.2. The average molecular weight is 264 g/mol. The second-order valence-corrected chi connectivity index (χ2v) is 5.43. The minimum absolute atomic E-state index is 0.364. The number of fused-ring (bicyclic) bond motifs is 2. The lowest BCUT2D eigenvalue weighted by Gasteiger charge is -2.24. The molecule has 3 aromatic rings. The second-order valence-electron chi connectivity index (χ2n) is 5.43. The molecule has 2 aromatic heterocycles. The number of anilines is 1. The SMILES string of the molecule is Cc1ccn2c(C3CNc4ccccc4C3)nnc2c1. The van der Waals surface area contributed by atoms with Gasteiger partial charge in [-0.3, -0.25) is 4.40 Å². The Bertz CT molecular complexity index is 775. The molecule has 0 amide bonds. The van der Waals surface area contributed by atoms with Gasteiger partial charge in [0.2, 0.25) is 0 Å². The fourth-order valence-corrected chi connectivity index (χ4v) is 2.91. The molecule has 0 saturated heterocycles. The summed E-state index contributed by atoms with van der Waals surface area (Å²) in [5.41, 5.74) is 4.74. The van der Waals surface area contributed by atoms with Gasteiger partial charge in [-0.15, -0.1) is 10.2 Å². The summed E-state index contributed by atoms with van der Waals surface area (Å²) in [5.74, 6) is 1.41. The zero-order chi connectivity index (χ0) is 13.5. The number of benzene rings is 1. The van der Waals surface area contributed by atoms with Crippen LogP contribution in [0.15, 0.2) is 42.6 Å². The minimum atomic E-state index is 0.364. The van der Waals surface area contributed by atoms with Gasteiger partial charge in [0.25, 0.3) is 0 Å². The monoisotopic (exact) mass is 264 g/mol. The van der Waals surface area contributed by atoms with E-state index in [2.05, 4.69) is 69.4 Å². The minimum Gasteiger partial charge on any atom is -0.384 e. The van der Waals surface area contributed by atoms with Crippen LogP contribution in [0.2, 0.25) is 0 Å². The summed E-state index contributed by atoms with van der Waals surface area (Å²) >= 11 is 0. The van der Waals surface area contributed by atoms with Crippen molar-refractivity contribution in [2.75, 3.05) is 11.9 Å². The Kier molecular flexibility index (Phi) is 2.49. The van der Waals surface area contributed by atoms with Crippen LogP contribution < -0.4 is 5.32 Å². The molecule has 4 rings (SSSR count). The van der Waals surface area contributed by atoms with Gasteiger partial charge in [0.05, 0.1) is 0 Å². The molecule has 0 spiro atoms. The van der Waals surface area contributed by atoms with Crippen molar-refractivity contribution in [2.45, 2.75) is 19.3 Å². The molecule has 1 unspecified atom stereocenters. The topological polar surface area (TPSA) is 42.2 Å². The molecule has 3 heterocycles.